The fourth-order valence-electron chi connectivity index (χ4n) is 2.93. The predicted molar refractivity (Wildman–Crippen MR) is 90.4 cm³/mol. The molecule has 1 N–H and O–H groups in total. The molecule has 1 aromatic carbocycles. The molecule has 23 heavy (non-hydrogen) atoms. The first-order valence-corrected chi connectivity index (χ1v) is 8.03. The molecule has 1 aliphatic heterocycles. The summed E-state index contributed by atoms with van der Waals surface area (Å²) in [5, 5.41) is 4.39. The molecule has 0 spiro atoms. The van der Waals surface area contributed by atoms with Crippen molar-refractivity contribution in [2.45, 2.75) is 19.8 Å². The summed E-state index contributed by atoms with van der Waals surface area (Å²) in [6.07, 6.45) is 3.05. The molecule has 0 unspecified atom stereocenters. The van der Waals surface area contributed by atoms with Crippen LogP contribution in [-0.2, 0) is 9.59 Å². The summed E-state index contributed by atoms with van der Waals surface area (Å²) in [5.74, 6) is -0.0423. The standard InChI is InChI=1S/C17H18ClN3O2/c1-11(22)21-9-6-12(7-10-21)17(23)20-15-5-4-14(18)13-3-2-8-19-16(13)15/h2-5,8,12H,6-7,9-10H2,1H3,(H,20,23). The van der Waals surface area contributed by atoms with E-state index in [1.165, 1.54) is 0 Å². The Bertz CT molecular complexity index is 755. The summed E-state index contributed by atoms with van der Waals surface area (Å²) in [5.41, 5.74) is 1.36. The van der Waals surface area contributed by atoms with Gasteiger partial charge in [-0.25, -0.2) is 0 Å². The summed E-state index contributed by atoms with van der Waals surface area (Å²) in [7, 11) is 0. The number of aromatic nitrogens is 1. The number of anilines is 1. The lowest BCUT2D eigenvalue weighted by Crippen LogP contribution is -2.40. The van der Waals surface area contributed by atoms with Gasteiger partial charge in [0.1, 0.15) is 0 Å². The molecule has 1 saturated heterocycles. The summed E-state index contributed by atoms with van der Waals surface area (Å²) in [6.45, 7) is 2.83. The van der Waals surface area contributed by atoms with E-state index in [1.807, 2.05) is 12.1 Å². The first-order chi connectivity index (χ1) is 11.1. The van der Waals surface area contributed by atoms with E-state index in [9.17, 15) is 9.59 Å². The third-order valence-electron chi connectivity index (χ3n) is 4.29. The molecule has 1 aromatic heterocycles. The Balaban J connectivity index is 1.74. The molecule has 6 heteroatoms. The van der Waals surface area contributed by atoms with Gasteiger partial charge in [-0.05, 0) is 37.1 Å². The number of fused-ring (bicyclic) bond motifs is 1. The average Bonchev–Trinajstić information content (AvgIpc) is 2.57. The summed E-state index contributed by atoms with van der Waals surface area (Å²) >= 11 is 6.17. The highest BCUT2D eigenvalue weighted by Gasteiger charge is 2.26. The fraction of sp³-hybridized carbons (Fsp3) is 0.353. The van der Waals surface area contributed by atoms with Crippen LogP contribution in [0.1, 0.15) is 19.8 Å². The lowest BCUT2D eigenvalue weighted by molar-refractivity contribution is -0.132. The van der Waals surface area contributed by atoms with Crippen LogP contribution in [0.5, 0.6) is 0 Å². The molecule has 0 radical (unpaired) electrons. The molecule has 0 aliphatic carbocycles. The van der Waals surface area contributed by atoms with Crippen molar-refractivity contribution in [2.24, 2.45) is 5.92 Å². The van der Waals surface area contributed by atoms with E-state index in [2.05, 4.69) is 10.3 Å². The van der Waals surface area contributed by atoms with Crippen molar-refractivity contribution in [3.8, 4) is 0 Å². The Hall–Kier alpha value is -2.14. The third kappa shape index (κ3) is 3.29. The Kier molecular flexibility index (Phi) is 4.48. The summed E-state index contributed by atoms with van der Waals surface area (Å²) in [6, 6.07) is 7.24. The third-order valence-corrected chi connectivity index (χ3v) is 4.61. The number of piperidine rings is 1. The summed E-state index contributed by atoms with van der Waals surface area (Å²) < 4.78 is 0. The van der Waals surface area contributed by atoms with Crippen LogP contribution in [-0.4, -0.2) is 34.8 Å². The average molecular weight is 332 g/mol. The zero-order valence-electron chi connectivity index (χ0n) is 12.9. The van der Waals surface area contributed by atoms with Crippen LogP contribution in [0.3, 0.4) is 0 Å². The maximum absolute atomic E-state index is 12.5. The van der Waals surface area contributed by atoms with E-state index in [4.69, 9.17) is 11.6 Å². The smallest absolute Gasteiger partial charge is 0.227 e. The molecule has 1 aliphatic rings. The molecule has 1 fully saturated rings. The molecular weight excluding hydrogens is 314 g/mol. The van der Waals surface area contributed by atoms with Gasteiger partial charge >= 0.3 is 0 Å². The zero-order chi connectivity index (χ0) is 16.4. The molecule has 2 amide bonds. The summed E-state index contributed by atoms with van der Waals surface area (Å²) in [4.78, 5) is 30.0. The number of benzene rings is 1. The van der Waals surface area contributed by atoms with Crippen molar-refractivity contribution in [1.82, 2.24) is 9.88 Å². The van der Waals surface area contributed by atoms with Crippen molar-refractivity contribution in [3.05, 3.63) is 35.5 Å². The van der Waals surface area contributed by atoms with E-state index in [0.717, 1.165) is 5.39 Å². The Labute approximate surface area is 139 Å². The first-order valence-electron chi connectivity index (χ1n) is 7.66. The lowest BCUT2D eigenvalue weighted by atomic mass is 9.95. The SMILES string of the molecule is CC(=O)N1CCC(C(=O)Nc2ccc(Cl)c3cccnc23)CC1. The van der Waals surface area contributed by atoms with Crippen LogP contribution in [0.4, 0.5) is 5.69 Å². The van der Waals surface area contributed by atoms with Gasteiger partial charge in [0.05, 0.1) is 16.2 Å². The number of pyridine rings is 1. The number of nitrogens with one attached hydrogen (secondary N) is 1. The maximum atomic E-state index is 12.5. The number of halogens is 1. The quantitative estimate of drug-likeness (QED) is 0.919. The number of carbonyl (C=O) groups is 2. The number of carbonyl (C=O) groups excluding carboxylic acids is 2. The highest BCUT2D eigenvalue weighted by atomic mass is 35.5. The topological polar surface area (TPSA) is 62.3 Å². The minimum atomic E-state index is -0.0833. The van der Waals surface area contributed by atoms with Crippen molar-refractivity contribution >= 4 is 40.0 Å². The van der Waals surface area contributed by atoms with Crippen LogP contribution >= 0.6 is 11.6 Å². The maximum Gasteiger partial charge on any atom is 0.227 e. The van der Waals surface area contributed by atoms with Crippen molar-refractivity contribution in [1.29, 1.82) is 0 Å². The Morgan fingerprint density at radius 2 is 2.00 bits per heavy atom. The first kappa shape index (κ1) is 15.7. The van der Waals surface area contributed by atoms with Crippen LogP contribution in [0.25, 0.3) is 10.9 Å². The molecule has 2 aromatic rings. The number of likely N-dealkylation sites (tertiary alicyclic amines) is 1. The molecule has 120 valence electrons. The van der Waals surface area contributed by atoms with Crippen LogP contribution in [0.2, 0.25) is 5.02 Å². The van der Waals surface area contributed by atoms with E-state index in [1.54, 1.807) is 30.2 Å². The fourth-order valence-corrected chi connectivity index (χ4v) is 3.15. The largest absolute Gasteiger partial charge is 0.343 e. The minimum Gasteiger partial charge on any atom is -0.343 e. The van der Waals surface area contributed by atoms with Gasteiger partial charge in [-0.1, -0.05) is 11.6 Å². The number of nitrogens with zero attached hydrogens (tertiary/aromatic N) is 2. The van der Waals surface area contributed by atoms with Crippen LogP contribution in [0.15, 0.2) is 30.5 Å². The molecule has 5 nitrogen and oxygen atoms in total. The van der Waals surface area contributed by atoms with E-state index in [-0.39, 0.29) is 17.7 Å². The second kappa shape index (κ2) is 6.54. The number of hydrogen-bond acceptors (Lipinski definition) is 3. The van der Waals surface area contributed by atoms with Gasteiger partial charge < -0.3 is 10.2 Å². The lowest BCUT2D eigenvalue weighted by Gasteiger charge is -2.30. The predicted octanol–water partition coefficient (Wildman–Crippen LogP) is 3.09. The van der Waals surface area contributed by atoms with E-state index in [0.29, 0.717) is 42.2 Å². The molecule has 2 heterocycles. The second-order valence-corrected chi connectivity index (χ2v) is 6.17. The van der Waals surface area contributed by atoms with E-state index < -0.39 is 0 Å². The highest BCUT2D eigenvalue weighted by Crippen LogP contribution is 2.29. The van der Waals surface area contributed by atoms with Crippen molar-refractivity contribution < 1.29 is 9.59 Å². The normalized spacial score (nSPS) is 15.7. The van der Waals surface area contributed by atoms with Gasteiger partial charge in [-0.2, -0.15) is 0 Å². The zero-order valence-corrected chi connectivity index (χ0v) is 13.6. The van der Waals surface area contributed by atoms with Crippen molar-refractivity contribution in [3.63, 3.8) is 0 Å². The van der Waals surface area contributed by atoms with Crippen LogP contribution < -0.4 is 5.32 Å². The number of rotatable bonds is 2. The Morgan fingerprint density at radius 3 is 2.70 bits per heavy atom. The molecule has 0 bridgehead atoms. The van der Waals surface area contributed by atoms with E-state index >= 15 is 0 Å². The molecule has 3 rings (SSSR count). The Morgan fingerprint density at radius 1 is 1.26 bits per heavy atom. The second-order valence-electron chi connectivity index (χ2n) is 5.76. The van der Waals surface area contributed by atoms with Gasteiger partial charge in [-0.15, -0.1) is 0 Å². The number of amides is 2. The number of hydrogen-bond donors (Lipinski definition) is 1. The van der Waals surface area contributed by atoms with Gasteiger partial charge in [0, 0.05) is 37.5 Å². The van der Waals surface area contributed by atoms with Gasteiger partial charge in [0.2, 0.25) is 11.8 Å². The molecular formula is C17H18ClN3O2. The highest BCUT2D eigenvalue weighted by molar-refractivity contribution is 6.35. The van der Waals surface area contributed by atoms with Gasteiger partial charge in [0.15, 0.2) is 0 Å². The molecule has 0 saturated carbocycles. The van der Waals surface area contributed by atoms with Gasteiger partial charge in [-0.3, -0.25) is 14.6 Å². The molecule has 0 atom stereocenters. The van der Waals surface area contributed by atoms with Gasteiger partial charge in [0.25, 0.3) is 0 Å². The van der Waals surface area contributed by atoms with Crippen molar-refractivity contribution in [2.75, 3.05) is 18.4 Å². The minimum absolute atomic E-state index is 0.0255. The monoisotopic (exact) mass is 331 g/mol. The van der Waals surface area contributed by atoms with Crippen LogP contribution in [0, 0.1) is 5.92 Å².